The van der Waals surface area contributed by atoms with Crippen molar-refractivity contribution in [1.82, 2.24) is 15.5 Å². The van der Waals surface area contributed by atoms with Crippen LogP contribution >= 0.6 is 24.0 Å². The van der Waals surface area contributed by atoms with E-state index in [4.69, 9.17) is 0 Å². The lowest BCUT2D eigenvalue weighted by Gasteiger charge is -2.20. The number of nitrogens with one attached hydrogen (secondary N) is 2. The number of likely N-dealkylation sites (tertiary alicyclic amines) is 1. The lowest BCUT2D eigenvalue weighted by Crippen LogP contribution is -2.39. The van der Waals surface area contributed by atoms with E-state index < -0.39 is 0 Å². The molecule has 0 radical (unpaired) electrons. The first-order valence-corrected chi connectivity index (χ1v) is 9.05. The first-order valence-electron chi connectivity index (χ1n) is 9.05. The third kappa shape index (κ3) is 9.18. The lowest BCUT2D eigenvalue weighted by molar-refractivity contribution is 0.282. The molecule has 0 aromatic carbocycles. The van der Waals surface area contributed by atoms with Crippen molar-refractivity contribution < 1.29 is 0 Å². The smallest absolute Gasteiger partial charge is 0.190 e. The Labute approximate surface area is 153 Å². The van der Waals surface area contributed by atoms with Gasteiger partial charge in [0.15, 0.2) is 5.96 Å². The number of hydrogen-bond acceptors (Lipinski definition) is 2. The Hall–Kier alpha value is -0.0400. The zero-order valence-electron chi connectivity index (χ0n) is 14.3. The van der Waals surface area contributed by atoms with Crippen molar-refractivity contribution in [3.05, 3.63) is 0 Å². The average molecular weight is 422 g/mol. The molecule has 0 bridgehead atoms. The zero-order chi connectivity index (χ0) is 14.8. The Bertz CT molecular complexity index is 297. The van der Waals surface area contributed by atoms with Gasteiger partial charge in [-0.2, -0.15) is 0 Å². The lowest BCUT2D eigenvalue weighted by atomic mass is 10.2. The minimum absolute atomic E-state index is 0. The molecule has 2 aliphatic rings. The fourth-order valence-corrected chi connectivity index (χ4v) is 3.09. The molecule has 1 heterocycles. The molecule has 1 saturated carbocycles. The Morgan fingerprint density at radius 1 is 1.00 bits per heavy atom. The van der Waals surface area contributed by atoms with Crippen LogP contribution in [-0.2, 0) is 0 Å². The highest BCUT2D eigenvalue weighted by Gasteiger charge is 2.19. The fourth-order valence-electron chi connectivity index (χ4n) is 3.09. The van der Waals surface area contributed by atoms with E-state index >= 15 is 0 Å². The van der Waals surface area contributed by atoms with Gasteiger partial charge < -0.3 is 15.5 Å². The van der Waals surface area contributed by atoms with Crippen LogP contribution in [-0.4, -0.2) is 50.6 Å². The molecule has 0 aromatic rings. The third-order valence-electron chi connectivity index (χ3n) is 4.64. The first kappa shape index (κ1) is 20.0. The molecule has 2 rings (SSSR count). The van der Waals surface area contributed by atoms with Crippen LogP contribution in [0.4, 0.5) is 0 Å². The van der Waals surface area contributed by atoms with Gasteiger partial charge in [0.1, 0.15) is 0 Å². The van der Waals surface area contributed by atoms with E-state index in [9.17, 15) is 0 Å². The van der Waals surface area contributed by atoms with Gasteiger partial charge in [0, 0.05) is 20.1 Å². The molecular formula is C17H35IN4. The van der Waals surface area contributed by atoms with Gasteiger partial charge in [0.25, 0.3) is 0 Å². The van der Waals surface area contributed by atoms with E-state index in [-0.39, 0.29) is 24.0 Å². The van der Waals surface area contributed by atoms with Crippen LogP contribution in [0.3, 0.4) is 0 Å². The van der Waals surface area contributed by atoms with Gasteiger partial charge >= 0.3 is 0 Å². The number of rotatable bonds is 8. The van der Waals surface area contributed by atoms with Gasteiger partial charge in [0.2, 0.25) is 0 Å². The van der Waals surface area contributed by atoms with Gasteiger partial charge in [-0.15, -0.1) is 24.0 Å². The quantitative estimate of drug-likeness (QED) is 0.273. The summed E-state index contributed by atoms with van der Waals surface area (Å²) in [6, 6.07) is 0. The van der Waals surface area contributed by atoms with Gasteiger partial charge in [-0.25, -0.2) is 0 Å². The molecule has 5 heteroatoms. The van der Waals surface area contributed by atoms with E-state index in [1.165, 1.54) is 77.4 Å². The maximum atomic E-state index is 4.30. The van der Waals surface area contributed by atoms with Crippen molar-refractivity contribution in [3.8, 4) is 0 Å². The number of nitrogens with zero attached hydrogens (tertiary/aromatic N) is 2. The van der Waals surface area contributed by atoms with Crippen molar-refractivity contribution >= 4 is 29.9 Å². The maximum Gasteiger partial charge on any atom is 0.190 e. The van der Waals surface area contributed by atoms with Gasteiger partial charge in [0.05, 0.1) is 0 Å². The summed E-state index contributed by atoms with van der Waals surface area (Å²) in [4.78, 5) is 6.93. The Morgan fingerprint density at radius 2 is 1.64 bits per heavy atom. The van der Waals surface area contributed by atoms with Crippen molar-refractivity contribution in [2.45, 2.75) is 57.8 Å². The maximum absolute atomic E-state index is 4.30. The highest BCUT2D eigenvalue weighted by Crippen LogP contribution is 2.33. The summed E-state index contributed by atoms with van der Waals surface area (Å²) in [5, 5.41) is 6.87. The normalized spacial score (nSPS) is 20.1. The molecule has 1 aliphatic heterocycles. The standard InChI is InChI=1S/C17H34N4.HI/c1-18-17(19-11-6-8-16-9-10-16)20-12-7-15-21-13-4-2-3-5-14-21;/h16H,2-15H2,1H3,(H2,18,19,20);1H. The highest BCUT2D eigenvalue weighted by atomic mass is 127. The van der Waals surface area contributed by atoms with Crippen molar-refractivity contribution in [1.29, 1.82) is 0 Å². The van der Waals surface area contributed by atoms with E-state index in [2.05, 4.69) is 20.5 Å². The molecule has 130 valence electrons. The Morgan fingerprint density at radius 3 is 2.23 bits per heavy atom. The number of guanidine groups is 1. The Balaban J connectivity index is 0.00000242. The number of halogens is 1. The summed E-state index contributed by atoms with van der Waals surface area (Å²) in [5.41, 5.74) is 0. The van der Waals surface area contributed by atoms with Crippen LogP contribution in [0.25, 0.3) is 0 Å². The predicted molar refractivity (Wildman–Crippen MR) is 106 cm³/mol. The molecule has 1 saturated heterocycles. The average Bonchev–Trinajstić information content (AvgIpc) is 3.33. The summed E-state index contributed by atoms with van der Waals surface area (Å²) in [6.45, 7) is 5.91. The molecule has 0 spiro atoms. The second-order valence-corrected chi connectivity index (χ2v) is 6.62. The minimum Gasteiger partial charge on any atom is -0.356 e. The molecular weight excluding hydrogens is 387 g/mol. The molecule has 22 heavy (non-hydrogen) atoms. The topological polar surface area (TPSA) is 39.7 Å². The molecule has 0 atom stereocenters. The molecule has 2 fully saturated rings. The van der Waals surface area contributed by atoms with Crippen LogP contribution in [0.1, 0.15) is 57.8 Å². The summed E-state index contributed by atoms with van der Waals surface area (Å²) in [6.07, 6.45) is 12.4. The molecule has 4 nitrogen and oxygen atoms in total. The molecule has 1 aliphatic carbocycles. The predicted octanol–water partition coefficient (Wildman–Crippen LogP) is 3.23. The molecule has 0 amide bonds. The molecule has 0 aromatic heterocycles. The first-order chi connectivity index (χ1) is 10.4. The second kappa shape index (κ2) is 12.4. The van der Waals surface area contributed by atoms with Gasteiger partial charge in [-0.1, -0.05) is 25.7 Å². The van der Waals surface area contributed by atoms with Crippen LogP contribution in [0.2, 0.25) is 0 Å². The fraction of sp³-hybridized carbons (Fsp3) is 0.941. The van der Waals surface area contributed by atoms with Gasteiger partial charge in [-0.05, 0) is 57.7 Å². The van der Waals surface area contributed by atoms with Gasteiger partial charge in [-0.3, -0.25) is 4.99 Å². The summed E-state index contributed by atoms with van der Waals surface area (Å²) in [5.74, 6) is 2.01. The summed E-state index contributed by atoms with van der Waals surface area (Å²) in [7, 11) is 1.87. The number of hydrogen-bond donors (Lipinski definition) is 2. The second-order valence-electron chi connectivity index (χ2n) is 6.62. The van der Waals surface area contributed by atoms with E-state index in [1.807, 2.05) is 7.05 Å². The summed E-state index contributed by atoms with van der Waals surface area (Å²) < 4.78 is 0. The van der Waals surface area contributed by atoms with Crippen LogP contribution < -0.4 is 10.6 Å². The van der Waals surface area contributed by atoms with Crippen molar-refractivity contribution in [2.75, 3.05) is 39.8 Å². The molecule has 0 unspecified atom stereocenters. The van der Waals surface area contributed by atoms with E-state index in [0.717, 1.165) is 25.0 Å². The van der Waals surface area contributed by atoms with Crippen LogP contribution in [0.5, 0.6) is 0 Å². The monoisotopic (exact) mass is 422 g/mol. The third-order valence-corrected chi connectivity index (χ3v) is 4.64. The highest BCUT2D eigenvalue weighted by molar-refractivity contribution is 14.0. The largest absolute Gasteiger partial charge is 0.356 e. The zero-order valence-corrected chi connectivity index (χ0v) is 16.6. The van der Waals surface area contributed by atoms with Crippen LogP contribution in [0.15, 0.2) is 4.99 Å². The Kier molecular flexibility index (Phi) is 11.3. The molecule has 2 N–H and O–H groups in total. The van der Waals surface area contributed by atoms with E-state index in [0.29, 0.717) is 0 Å². The van der Waals surface area contributed by atoms with Crippen LogP contribution in [0, 0.1) is 5.92 Å². The van der Waals surface area contributed by atoms with Crippen molar-refractivity contribution in [2.24, 2.45) is 10.9 Å². The van der Waals surface area contributed by atoms with Crippen molar-refractivity contribution in [3.63, 3.8) is 0 Å². The number of aliphatic imine (C=N–C) groups is 1. The SMILES string of the molecule is CN=C(NCCCC1CC1)NCCCN1CCCCCC1.I. The summed E-state index contributed by atoms with van der Waals surface area (Å²) >= 11 is 0. The minimum atomic E-state index is 0. The van der Waals surface area contributed by atoms with E-state index in [1.54, 1.807) is 0 Å².